The average molecular weight is 482 g/mol. The number of ether oxygens (including phenoxy) is 3. The summed E-state index contributed by atoms with van der Waals surface area (Å²) in [5.74, 6) is 0. The van der Waals surface area contributed by atoms with Gasteiger partial charge >= 0.3 is 0 Å². The van der Waals surface area contributed by atoms with Gasteiger partial charge in [0.1, 0.15) is 0 Å². The summed E-state index contributed by atoms with van der Waals surface area (Å²) in [6, 6.07) is 5.94. The molecule has 0 atom stereocenters. The van der Waals surface area contributed by atoms with Gasteiger partial charge in [0.2, 0.25) is 0 Å². The highest BCUT2D eigenvalue weighted by molar-refractivity contribution is 7.20. The monoisotopic (exact) mass is 481 g/mol. The number of aliphatic hydroxyl groups excluding tert-OH is 2. The molecule has 0 saturated heterocycles. The second-order valence-electron chi connectivity index (χ2n) is 7.25. The van der Waals surface area contributed by atoms with Gasteiger partial charge in [-0.3, -0.25) is 0 Å². The van der Waals surface area contributed by atoms with E-state index in [9.17, 15) is 0 Å². The second kappa shape index (κ2) is 14.8. The van der Waals surface area contributed by atoms with Crippen LogP contribution in [0.2, 0.25) is 0 Å². The molecule has 33 heavy (non-hydrogen) atoms. The lowest BCUT2D eigenvalue weighted by Gasteiger charge is -2.25. The highest BCUT2D eigenvalue weighted by atomic mass is 32.1. The molecule has 0 aliphatic carbocycles. The molecule has 10 nitrogen and oxygen atoms in total. The molecule has 0 unspecified atom stereocenters. The molecule has 0 aliphatic rings. The summed E-state index contributed by atoms with van der Waals surface area (Å²) in [5.41, 5.74) is 16.1. The fraction of sp³-hybridized carbons (Fsp3) is 0.545. The fourth-order valence-corrected chi connectivity index (χ4v) is 3.74. The summed E-state index contributed by atoms with van der Waals surface area (Å²) >= 11 is 1.32. The minimum Gasteiger partial charge on any atom is -0.396 e. The summed E-state index contributed by atoms with van der Waals surface area (Å²) in [7, 11) is 0. The Morgan fingerprint density at radius 3 is 2.03 bits per heavy atom. The van der Waals surface area contributed by atoms with E-state index in [1.165, 1.54) is 11.3 Å². The summed E-state index contributed by atoms with van der Waals surface area (Å²) in [6.45, 7) is 7.67. The molecule has 2 aromatic rings. The maximum absolute atomic E-state index is 8.92. The van der Waals surface area contributed by atoms with Gasteiger partial charge in [0.15, 0.2) is 5.00 Å². The predicted octanol–water partition coefficient (Wildman–Crippen LogP) is 2.79. The third-order valence-corrected chi connectivity index (χ3v) is 5.88. The van der Waals surface area contributed by atoms with Crippen molar-refractivity contribution in [2.24, 2.45) is 10.2 Å². The van der Waals surface area contributed by atoms with Gasteiger partial charge in [-0.25, -0.2) is 0 Å². The number of nitrogens with two attached hydrogens (primary N) is 2. The first-order chi connectivity index (χ1) is 16.0. The van der Waals surface area contributed by atoms with Crippen LogP contribution < -0.4 is 16.4 Å². The van der Waals surface area contributed by atoms with Gasteiger partial charge in [-0.2, -0.15) is 0 Å². The predicted molar refractivity (Wildman–Crippen MR) is 132 cm³/mol. The van der Waals surface area contributed by atoms with Crippen LogP contribution >= 0.6 is 11.3 Å². The molecule has 11 heteroatoms. The standard InChI is InChI=1S/C22H35N5O5S/c1-16-15-18(3-4-19(16)25-26-22-20(23)17(2)21(24)33-22)27(5-9-30-11-7-28)6-10-31-13-14-32-12-8-29/h3-4,15,28-29H,5-14,23-24H2,1-2H3. The molecule has 184 valence electrons. The second-order valence-corrected chi connectivity index (χ2v) is 8.28. The summed E-state index contributed by atoms with van der Waals surface area (Å²) < 4.78 is 16.3. The van der Waals surface area contributed by atoms with E-state index in [1.54, 1.807) is 0 Å². The van der Waals surface area contributed by atoms with Crippen LogP contribution in [0.4, 0.5) is 27.1 Å². The van der Waals surface area contributed by atoms with Crippen LogP contribution in [-0.2, 0) is 14.2 Å². The average Bonchev–Trinajstić information content (AvgIpc) is 3.05. The Morgan fingerprint density at radius 1 is 0.879 bits per heavy atom. The lowest BCUT2D eigenvalue weighted by molar-refractivity contribution is 0.0347. The molecular formula is C22H35N5O5S. The van der Waals surface area contributed by atoms with Crippen LogP contribution in [0.25, 0.3) is 0 Å². The molecule has 0 bridgehead atoms. The van der Waals surface area contributed by atoms with Gasteiger partial charge in [-0.05, 0) is 37.6 Å². The van der Waals surface area contributed by atoms with E-state index >= 15 is 0 Å². The molecule has 6 N–H and O–H groups in total. The molecule has 0 amide bonds. The van der Waals surface area contributed by atoms with Gasteiger partial charge in [-0.1, -0.05) is 11.3 Å². The molecule has 2 rings (SSSR count). The van der Waals surface area contributed by atoms with Crippen molar-refractivity contribution in [2.75, 3.05) is 82.3 Å². The van der Waals surface area contributed by atoms with Crippen molar-refractivity contribution < 1.29 is 24.4 Å². The minimum absolute atomic E-state index is 0.00428. The first-order valence-electron chi connectivity index (χ1n) is 10.8. The first kappa shape index (κ1) is 27.0. The number of anilines is 3. The van der Waals surface area contributed by atoms with Crippen LogP contribution in [0.5, 0.6) is 0 Å². The quantitative estimate of drug-likeness (QED) is 0.211. The topological polar surface area (TPSA) is 148 Å². The minimum atomic E-state index is -0.00428. The van der Waals surface area contributed by atoms with E-state index < -0.39 is 0 Å². The number of benzene rings is 1. The van der Waals surface area contributed by atoms with Crippen molar-refractivity contribution in [2.45, 2.75) is 13.8 Å². The first-order valence-corrected chi connectivity index (χ1v) is 11.7. The molecule has 0 aliphatic heterocycles. The number of aryl methyl sites for hydroxylation is 1. The van der Waals surface area contributed by atoms with Crippen LogP contribution in [0.1, 0.15) is 11.1 Å². The molecule has 0 radical (unpaired) electrons. The number of nitrogens with zero attached hydrogens (tertiary/aromatic N) is 3. The molecule has 0 fully saturated rings. The Hall–Kier alpha value is -2.28. The van der Waals surface area contributed by atoms with Gasteiger partial charge in [-0.15, -0.1) is 10.2 Å². The van der Waals surface area contributed by atoms with Crippen LogP contribution in [0, 0.1) is 13.8 Å². The molecule has 1 heterocycles. The maximum Gasteiger partial charge on any atom is 0.164 e. The van der Waals surface area contributed by atoms with Crippen molar-refractivity contribution in [3.8, 4) is 0 Å². The maximum atomic E-state index is 8.92. The van der Waals surface area contributed by atoms with Gasteiger partial charge in [0.25, 0.3) is 0 Å². The smallest absolute Gasteiger partial charge is 0.164 e. The van der Waals surface area contributed by atoms with Gasteiger partial charge in [0, 0.05) is 24.3 Å². The summed E-state index contributed by atoms with van der Waals surface area (Å²) in [4.78, 5) is 2.15. The molecule has 0 spiro atoms. The van der Waals surface area contributed by atoms with E-state index in [-0.39, 0.29) is 13.2 Å². The SMILES string of the molecule is Cc1cc(N(CCOCCO)CCOCCOCCO)ccc1N=Nc1sc(N)c(C)c1N. The molecule has 1 aromatic carbocycles. The van der Waals surface area contributed by atoms with Gasteiger partial charge < -0.3 is 40.8 Å². The Bertz CT molecular complexity index is 877. The number of azo groups is 1. The fourth-order valence-electron chi connectivity index (χ4n) is 2.92. The number of rotatable bonds is 16. The lowest BCUT2D eigenvalue weighted by Crippen LogP contribution is -2.31. The highest BCUT2D eigenvalue weighted by Crippen LogP contribution is 2.40. The zero-order valence-corrected chi connectivity index (χ0v) is 20.1. The Labute approximate surface area is 198 Å². The normalized spacial score (nSPS) is 11.5. The number of hydrogen-bond acceptors (Lipinski definition) is 11. The Morgan fingerprint density at radius 2 is 1.48 bits per heavy atom. The van der Waals surface area contributed by atoms with Crippen molar-refractivity contribution in [1.29, 1.82) is 0 Å². The van der Waals surface area contributed by atoms with Crippen molar-refractivity contribution >= 4 is 38.4 Å². The third-order valence-electron chi connectivity index (χ3n) is 4.86. The van der Waals surface area contributed by atoms with E-state index in [4.69, 9.17) is 35.9 Å². The number of thiophene rings is 1. The number of nitrogen functional groups attached to an aromatic ring is 2. The highest BCUT2D eigenvalue weighted by Gasteiger charge is 2.11. The van der Waals surface area contributed by atoms with E-state index in [2.05, 4.69) is 15.1 Å². The summed E-state index contributed by atoms with van der Waals surface area (Å²) in [5, 5.41) is 27.6. The van der Waals surface area contributed by atoms with Crippen molar-refractivity contribution in [3.05, 3.63) is 29.3 Å². The zero-order chi connectivity index (χ0) is 24.1. The van der Waals surface area contributed by atoms with E-state index in [0.29, 0.717) is 68.4 Å². The van der Waals surface area contributed by atoms with E-state index in [0.717, 1.165) is 22.5 Å². The van der Waals surface area contributed by atoms with Crippen LogP contribution in [-0.4, -0.2) is 76.2 Å². The van der Waals surface area contributed by atoms with Crippen molar-refractivity contribution in [3.63, 3.8) is 0 Å². The Kier molecular flexibility index (Phi) is 12.1. The molecule has 0 saturated carbocycles. The largest absolute Gasteiger partial charge is 0.396 e. The third kappa shape index (κ3) is 8.88. The Balaban J connectivity index is 2.01. The van der Waals surface area contributed by atoms with Crippen LogP contribution in [0.15, 0.2) is 28.4 Å². The number of aliphatic hydroxyl groups is 2. The van der Waals surface area contributed by atoms with Crippen molar-refractivity contribution in [1.82, 2.24) is 0 Å². The molecule has 1 aromatic heterocycles. The van der Waals surface area contributed by atoms with Gasteiger partial charge in [0.05, 0.1) is 69.2 Å². The van der Waals surface area contributed by atoms with Crippen LogP contribution in [0.3, 0.4) is 0 Å². The zero-order valence-electron chi connectivity index (χ0n) is 19.3. The number of hydrogen-bond donors (Lipinski definition) is 4. The lowest BCUT2D eigenvalue weighted by atomic mass is 10.1. The van der Waals surface area contributed by atoms with E-state index in [1.807, 2.05) is 32.0 Å². The summed E-state index contributed by atoms with van der Waals surface area (Å²) in [6.07, 6.45) is 0. The molecular weight excluding hydrogens is 446 g/mol.